The van der Waals surface area contributed by atoms with Gasteiger partial charge in [-0.1, -0.05) is 77.0 Å². The Kier molecular flexibility index (Phi) is 35.3. The van der Waals surface area contributed by atoms with E-state index in [1.807, 2.05) is 0 Å². The number of carboxylic acids is 3. The van der Waals surface area contributed by atoms with Crippen LogP contribution >= 0.6 is 0 Å². The summed E-state index contributed by atoms with van der Waals surface area (Å²) >= 11 is 0. The number of halogens is 3. The molecular weight excluding hydrogens is 755 g/mol. The zero-order chi connectivity index (χ0) is 42.5. The van der Waals surface area contributed by atoms with Gasteiger partial charge in [0, 0.05) is 38.9 Å². The molecule has 21 heteroatoms. The highest BCUT2D eigenvalue weighted by molar-refractivity contribution is 5.84. The molecule has 0 aliphatic heterocycles. The minimum absolute atomic E-state index is 0.0229. The summed E-state index contributed by atoms with van der Waals surface area (Å²) in [6, 6.07) is -1.13. The van der Waals surface area contributed by atoms with Gasteiger partial charge in [-0.2, -0.15) is 13.2 Å². The average Bonchev–Trinajstić information content (AvgIpc) is 3.12. The van der Waals surface area contributed by atoms with Gasteiger partial charge in [0.25, 0.3) is 0 Å². The van der Waals surface area contributed by atoms with E-state index in [2.05, 4.69) is 26.1 Å². The number of amides is 4. The van der Waals surface area contributed by atoms with Gasteiger partial charge >= 0.3 is 24.1 Å². The summed E-state index contributed by atoms with van der Waals surface area (Å²) in [5, 5.41) is 35.4. The monoisotopic (exact) mass is 817 g/mol. The number of nitrogens with one attached hydrogen (secondary N) is 4. The summed E-state index contributed by atoms with van der Waals surface area (Å²) in [4.78, 5) is 82.3. The molecule has 18 nitrogen and oxygen atoms in total. The first-order valence-corrected chi connectivity index (χ1v) is 18.9. The summed E-state index contributed by atoms with van der Waals surface area (Å²) in [6.07, 6.45) is 10.5. The summed E-state index contributed by atoms with van der Waals surface area (Å²) in [5.41, 5.74) is 0. The predicted octanol–water partition coefficient (Wildman–Crippen LogP) is 2.57. The van der Waals surface area contributed by atoms with Gasteiger partial charge in [-0.25, -0.2) is 15.5 Å². The Labute approximate surface area is 325 Å². The topological polar surface area (TPSA) is 282 Å². The Bertz CT molecular complexity index is 1120. The molecule has 0 aliphatic rings. The van der Waals surface area contributed by atoms with Gasteiger partial charge in [-0.05, 0) is 19.3 Å². The Morgan fingerprint density at radius 3 is 1.41 bits per heavy atom. The van der Waals surface area contributed by atoms with Crippen molar-refractivity contribution in [3.05, 3.63) is 0 Å². The maximum absolute atomic E-state index is 12.3. The minimum Gasteiger partial charge on any atom is -0.481 e. The molecule has 0 fully saturated rings. The number of carbonyl (C=O) groups is 7. The van der Waals surface area contributed by atoms with Crippen LogP contribution in [-0.4, -0.2) is 122 Å². The summed E-state index contributed by atoms with van der Waals surface area (Å²) in [7, 11) is 0. The fraction of sp³-hybridized carbons (Fsp3) is 0.800. The molecule has 0 rings (SSSR count). The maximum Gasteiger partial charge on any atom is 0.490 e. The van der Waals surface area contributed by atoms with Crippen LogP contribution in [0.4, 0.5) is 13.2 Å². The Hall–Kier alpha value is -4.08. The van der Waals surface area contributed by atoms with Crippen molar-refractivity contribution in [3.8, 4) is 0 Å². The lowest BCUT2D eigenvalue weighted by Crippen LogP contribution is -2.41. The summed E-state index contributed by atoms with van der Waals surface area (Å²) in [5.74, 6) is -1.30. The van der Waals surface area contributed by atoms with Crippen LogP contribution in [0.25, 0.3) is 0 Å². The van der Waals surface area contributed by atoms with Crippen LogP contribution in [0.2, 0.25) is 0 Å². The zero-order valence-electron chi connectivity index (χ0n) is 32.1. The molecule has 0 saturated heterocycles. The van der Waals surface area contributed by atoms with E-state index < -0.39 is 36.0 Å². The average molecular weight is 818 g/mol. The molecule has 4 amide bonds. The second-order valence-electron chi connectivity index (χ2n) is 12.7. The number of hydrogen-bond acceptors (Lipinski definition) is 11. The van der Waals surface area contributed by atoms with E-state index in [0.29, 0.717) is 6.42 Å². The number of ether oxygens (including phenoxy) is 2. The number of rotatable bonds is 35. The number of carboxylic acid groups (broad SMARTS) is 3. The van der Waals surface area contributed by atoms with Crippen LogP contribution in [0.1, 0.15) is 116 Å². The van der Waals surface area contributed by atoms with Gasteiger partial charge in [0.1, 0.15) is 19.3 Å². The first-order chi connectivity index (χ1) is 26.6. The van der Waals surface area contributed by atoms with Crippen LogP contribution < -0.4 is 27.2 Å². The van der Waals surface area contributed by atoms with E-state index in [1.54, 1.807) is 0 Å². The van der Waals surface area contributed by atoms with E-state index >= 15 is 0 Å². The van der Waals surface area contributed by atoms with Gasteiger partial charge in [0.2, 0.25) is 23.6 Å². The second-order valence-corrected chi connectivity index (χ2v) is 12.7. The highest BCUT2D eigenvalue weighted by Gasteiger charge is 2.38. The Balaban J connectivity index is 0. The third-order valence-electron chi connectivity index (χ3n) is 7.74. The molecule has 0 aliphatic carbocycles. The molecule has 0 aromatic heterocycles. The van der Waals surface area contributed by atoms with Crippen LogP contribution in [0.3, 0.4) is 0 Å². The molecule has 0 unspecified atom stereocenters. The van der Waals surface area contributed by atoms with Crippen molar-refractivity contribution in [1.82, 2.24) is 21.3 Å². The van der Waals surface area contributed by atoms with Crippen molar-refractivity contribution in [2.45, 2.75) is 128 Å². The molecule has 9 N–H and O–H groups in total. The molecule has 0 spiro atoms. The maximum atomic E-state index is 12.3. The molecule has 0 aromatic rings. The fourth-order valence-electron chi connectivity index (χ4n) is 4.80. The van der Waals surface area contributed by atoms with E-state index in [4.69, 9.17) is 30.4 Å². The van der Waals surface area contributed by atoms with E-state index in [9.17, 15) is 47.0 Å². The first-order valence-electron chi connectivity index (χ1n) is 18.9. The third-order valence-corrected chi connectivity index (χ3v) is 7.74. The molecule has 1 atom stereocenters. The van der Waals surface area contributed by atoms with Crippen molar-refractivity contribution < 1.29 is 76.4 Å². The standard InChI is InChI=1S/C33H61N5O11.C2HF3O2/c34-49-26-31(42)36-20-19-35-30(41)25-48-24-23-47-22-21-37-28(39)18-17-27(33(45)46)38-29(40)15-13-11-9-7-5-3-1-2-4-6-8-10-12-14-16-32(43)44;3-2(4,5)1(6)7/h27H,1-26,34H2,(H,35,41)(H,36,42)(H,37,39)(H,38,40)(H,43,44)(H,45,46);(H,6,7)/t27-;/m0./s1. The predicted molar refractivity (Wildman–Crippen MR) is 195 cm³/mol. The van der Waals surface area contributed by atoms with Gasteiger partial charge < -0.3 is 46.1 Å². The SMILES string of the molecule is NOCC(=O)NCCNC(=O)COCCOCCNC(=O)CC[C@H](NC(=O)CCCCCCCCCCCCCCCCC(=O)O)C(=O)O.O=C(O)C(F)(F)F. The van der Waals surface area contributed by atoms with Crippen LogP contribution in [0, 0.1) is 0 Å². The van der Waals surface area contributed by atoms with Crippen molar-refractivity contribution in [3.63, 3.8) is 0 Å². The Morgan fingerprint density at radius 1 is 0.536 bits per heavy atom. The number of aliphatic carboxylic acids is 3. The molecule has 326 valence electrons. The van der Waals surface area contributed by atoms with Crippen molar-refractivity contribution in [2.75, 3.05) is 52.7 Å². The summed E-state index contributed by atoms with van der Waals surface area (Å²) < 4.78 is 42.3. The van der Waals surface area contributed by atoms with Crippen molar-refractivity contribution in [2.24, 2.45) is 5.90 Å². The van der Waals surface area contributed by atoms with Crippen molar-refractivity contribution >= 4 is 41.5 Å². The van der Waals surface area contributed by atoms with Gasteiger partial charge in [-0.3, -0.25) is 28.8 Å². The number of hydrogen-bond donors (Lipinski definition) is 8. The lowest BCUT2D eigenvalue weighted by atomic mass is 10.0. The molecular formula is C35H62F3N5O13. The van der Waals surface area contributed by atoms with Crippen LogP contribution in [0.15, 0.2) is 0 Å². The van der Waals surface area contributed by atoms with E-state index in [0.717, 1.165) is 38.5 Å². The molecule has 0 radical (unpaired) electrons. The van der Waals surface area contributed by atoms with Gasteiger partial charge in [0.15, 0.2) is 0 Å². The molecule has 0 bridgehead atoms. The first kappa shape index (κ1) is 54.0. The van der Waals surface area contributed by atoms with E-state index in [-0.39, 0.29) is 96.1 Å². The lowest BCUT2D eigenvalue weighted by Gasteiger charge is -2.14. The van der Waals surface area contributed by atoms with Crippen LogP contribution in [0.5, 0.6) is 0 Å². The minimum atomic E-state index is -5.08. The van der Waals surface area contributed by atoms with Crippen molar-refractivity contribution in [1.29, 1.82) is 0 Å². The zero-order valence-corrected chi connectivity index (χ0v) is 32.1. The number of carbonyl (C=O) groups excluding carboxylic acids is 4. The molecule has 0 aromatic carbocycles. The van der Waals surface area contributed by atoms with Gasteiger partial charge in [0.05, 0.1) is 19.8 Å². The molecule has 56 heavy (non-hydrogen) atoms. The smallest absolute Gasteiger partial charge is 0.481 e. The highest BCUT2D eigenvalue weighted by Crippen LogP contribution is 2.14. The fourth-order valence-corrected chi connectivity index (χ4v) is 4.80. The number of nitrogens with two attached hydrogens (primary N) is 1. The number of alkyl halides is 3. The van der Waals surface area contributed by atoms with Gasteiger partial charge in [-0.15, -0.1) is 0 Å². The molecule has 0 heterocycles. The largest absolute Gasteiger partial charge is 0.490 e. The quantitative estimate of drug-likeness (QED) is 0.0337. The second kappa shape index (κ2) is 36.6. The number of unbranched alkanes of at least 4 members (excludes halogenated alkanes) is 13. The normalized spacial score (nSPS) is 11.4. The Morgan fingerprint density at radius 2 is 0.964 bits per heavy atom. The van der Waals surface area contributed by atoms with E-state index in [1.165, 1.54) is 44.9 Å². The molecule has 0 saturated carbocycles. The summed E-state index contributed by atoms with van der Waals surface area (Å²) in [6.45, 7) is 0.780. The highest BCUT2D eigenvalue weighted by atomic mass is 19.4. The van der Waals surface area contributed by atoms with Crippen LogP contribution in [-0.2, 0) is 47.9 Å². The third kappa shape index (κ3) is 39.6. The lowest BCUT2D eigenvalue weighted by molar-refractivity contribution is -0.192.